The number of benzene rings is 3. The molecule has 154 valence electrons. The van der Waals surface area contributed by atoms with Gasteiger partial charge in [-0.3, -0.25) is 9.59 Å². The van der Waals surface area contributed by atoms with Crippen LogP contribution in [-0.4, -0.2) is 11.8 Å². The number of amides is 2. The summed E-state index contributed by atoms with van der Waals surface area (Å²) in [6, 6.07) is 27.8. The molecule has 0 aliphatic heterocycles. The van der Waals surface area contributed by atoms with Gasteiger partial charge in [-0.05, 0) is 48.1 Å². The van der Waals surface area contributed by atoms with Crippen LogP contribution in [0.4, 0.5) is 0 Å². The van der Waals surface area contributed by atoms with Crippen molar-refractivity contribution in [3.63, 3.8) is 0 Å². The summed E-state index contributed by atoms with van der Waals surface area (Å²) < 4.78 is 0. The van der Waals surface area contributed by atoms with E-state index in [9.17, 15) is 9.59 Å². The minimum atomic E-state index is -0.0883. The van der Waals surface area contributed by atoms with E-state index < -0.39 is 0 Å². The Labute approximate surface area is 178 Å². The lowest BCUT2D eigenvalue weighted by molar-refractivity contribution is -0.119. The van der Waals surface area contributed by atoms with Crippen molar-refractivity contribution in [2.75, 3.05) is 0 Å². The summed E-state index contributed by atoms with van der Waals surface area (Å²) in [5, 5.41) is 5.96. The van der Waals surface area contributed by atoms with Crippen molar-refractivity contribution in [1.29, 1.82) is 0 Å². The summed E-state index contributed by atoms with van der Waals surface area (Å²) in [7, 11) is 0. The second-order valence-corrected chi connectivity index (χ2v) is 7.42. The Morgan fingerprint density at radius 1 is 0.800 bits per heavy atom. The van der Waals surface area contributed by atoms with Crippen molar-refractivity contribution >= 4 is 11.8 Å². The maximum Gasteiger partial charge on any atom is 0.251 e. The largest absolute Gasteiger partial charge is 0.352 e. The smallest absolute Gasteiger partial charge is 0.251 e. The highest BCUT2D eigenvalue weighted by Crippen LogP contribution is 2.20. The molecule has 0 spiro atoms. The van der Waals surface area contributed by atoms with Crippen LogP contribution < -0.4 is 10.6 Å². The van der Waals surface area contributed by atoms with Crippen molar-refractivity contribution in [3.05, 3.63) is 107 Å². The third kappa shape index (κ3) is 6.59. The second-order valence-electron chi connectivity index (χ2n) is 7.42. The third-order valence-electron chi connectivity index (χ3n) is 5.07. The molecule has 0 heterocycles. The van der Waals surface area contributed by atoms with E-state index >= 15 is 0 Å². The molecule has 3 aromatic rings. The molecule has 0 aliphatic carbocycles. The van der Waals surface area contributed by atoms with Gasteiger partial charge in [-0.15, -0.1) is 0 Å². The number of hydrogen-bond acceptors (Lipinski definition) is 2. The van der Waals surface area contributed by atoms with Crippen LogP contribution in [0.5, 0.6) is 0 Å². The molecular weight excluding hydrogens is 372 g/mol. The summed E-state index contributed by atoms with van der Waals surface area (Å²) in [5.74, 6) is -0.160. The van der Waals surface area contributed by atoms with Gasteiger partial charge in [0.05, 0.1) is 6.04 Å². The summed E-state index contributed by atoms with van der Waals surface area (Å²) in [6.45, 7) is 1.95. The van der Waals surface area contributed by atoms with E-state index in [4.69, 9.17) is 0 Å². The van der Waals surface area contributed by atoms with Gasteiger partial charge in [-0.1, -0.05) is 72.8 Å². The molecule has 1 atom stereocenters. The Morgan fingerprint density at radius 3 is 2.07 bits per heavy atom. The van der Waals surface area contributed by atoms with Gasteiger partial charge in [-0.2, -0.15) is 0 Å². The summed E-state index contributed by atoms with van der Waals surface area (Å²) in [4.78, 5) is 23.9. The van der Waals surface area contributed by atoms with Crippen molar-refractivity contribution in [1.82, 2.24) is 10.6 Å². The van der Waals surface area contributed by atoms with Gasteiger partial charge in [0, 0.05) is 19.0 Å². The highest BCUT2D eigenvalue weighted by atomic mass is 16.2. The van der Waals surface area contributed by atoms with Crippen molar-refractivity contribution in [2.24, 2.45) is 0 Å². The van der Waals surface area contributed by atoms with Gasteiger partial charge in [0.15, 0.2) is 0 Å². The molecule has 0 fully saturated rings. The fraction of sp³-hybridized carbons (Fsp3) is 0.231. The molecular formula is C26H28N2O2. The zero-order valence-electron chi connectivity index (χ0n) is 17.3. The Hall–Kier alpha value is -3.40. The molecule has 3 rings (SSSR count). The third-order valence-corrected chi connectivity index (χ3v) is 5.07. The van der Waals surface area contributed by atoms with Crippen LogP contribution in [0.15, 0.2) is 84.9 Å². The molecule has 0 saturated carbocycles. The first-order valence-corrected chi connectivity index (χ1v) is 10.3. The lowest BCUT2D eigenvalue weighted by atomic mass is 9.98. The fourth-order valence-electron chi connectivity index (χ4n) is 3.40. The predicted octanol–water partition coefficient (Wildman–Crippen LogP) is 4.82. The molecule has 4 nitrogen and oxygen atoms in total. The van der Waals surface area contributed by atoms with E-state index in [1.54, 1.807) is 12.1 Å². The number of rotatable bonds is 9. The van der Waals surface area contributed by atoms with E-state index in [2.05, 4.69) is 47.0 Å². The summed E-state index contributed by atoms with van der Waals surface area (Å²) in [6.07, 6.45) is 2.84. The van der Waals surface area contributed by atoms with Gasteiger partial charge in [0.25, 0.3) is 5.91 Å². The predicted molar refractivity (Wildman–Crippen MR) is 120 cm³/mol. The minimum Gasteiger partial charge on any atom is -0.352 e. The van der Waals surface area contributed by atoms with Crippen LogP contribution in [0.2, 0.25) is 0 Å². The van der Waals surface area contributed by atoms with Gasteiger partial charge in [0.1, 0.15) is 0 Å². The number of carbonyl (C=O) groups excluding carboxylic acids is 2. The molecule has 30 heavy (non-hydrogen) atoms. The van der Waals surface area contributed by atoms with Crippen molar-refractivity contribution in [3.8, 4) is 0 Å². The Bertz CT molecular complexity index is 938. The maximum absolute atomic E-state index is 12.9. The lowest BCUT2D eigenvalue weighted by Crippen LogP contribution is -2.28. The zero-order chi connectivity index (χ0) is 21.2. The number of aryl methyl sites for hydroxylation is 1. The van der Waals surface area contributed by atoms with Crippen LogP contribution in [0, 0.1) is 0 Å². The van der Waals surface area contributed by atoms with E-state index in [0.29, 0.717) is 12.1 Å². The highest BCUT2D eigenvalue weighted by Gasteiger charge is 2.15. The van der Waals surface area contributed by atoms with Crippen LogP contribution in [0.25, 0.3) is 0 Å². The monoisotopic (exact) mass is 400 g/mol. The normalized spacial score (nSPS) is 11.5. The average molecular weight is 401 g/mol. The van der Waals surface area contributed by atoms with Crippen LogP contribution >= 0.6 is 0 Å². The molecule has 1 unspecified atom stereocenters. The van der Waals surface area contributed by atoms with E-state index in [0.717, 1.165) is 30.4 Å². The standard InChI is InChI=1S/C26H28N2O2/c1-20(29)27-19-22-15-17-24(18-16-22)26(30)28-25(23-12-6-3-7-13-23)14-8-11-21-9-4-2-5-10-21/h2-7,9-10,12-13,15-18,25H,8,11,14,19H2,1H3,(H,27,29)(H,28,30). The summed E-state index contributed by atoms with van der Waals surface area (Å²) in [5.41, 5.74) is 4.00. The van der Waals surface area contributed by atoms with Gasteiger partial charge >= 0.3 is 0 Å². The van der Waals surface area contributed by atoms with Crippen molar-refractivity contribution < 1.29 is 9.59 Å². The lowest BCUT2D eigenvalue weighted by Gasteiger charge is -2.19. The Kier molecular flexibility index (Phi) is 7.78. The molecule has 0 saturated heterocycles. The van der Waals surface area contributed by atoms with Gasteiger partial charge in [0.2, 0.25) is 5.91 Å². The maximum atomic E-state index is 12.9. The number of carbonyl (C=O) groups is 2. The number of hydrogen-bond donors (Lipinski definition) is 2. The fourth-order valence-corrected chi connectivity index (χ4v) is 3.40. The SMILES string of the molecule is CC(=O)NCc1ccc(C(=O)NC(CCCc2ccccc2)c2ccccc2)cc1. The first-order chi connectivity index (χ1) is 14.6. The molecule has 2 N–H and O–H groups in total. The first-order valence-electron chi connectivity index (χ1n) is 10.3. The van der Waals surface area contributed by atoms with E-state index in [1.165, 1.54) is 12.5 Å². The molecule has 4 heteroatoms. The molecule has 2 amide bonds. The zero-order valence-corrected chi connectivity index (χ0v) is 17.3. The van der Waals surface area contributed by atoms with E-state index in [-0.39, 0.29) is 17.9 Å². The number of nitrogens with one attached hydrogen (secondary N) is 2. The first kappa shape index (κ1) is 21.3. The van der Waals surface area contributed by atoms with Crippen LogP contribution in [-0.2, 0) is 17.8 Å². The van der Waals surface area contributed by atoms with Crippen molar-refractivity contribution in [2.45, 2.75) is 38.8 Å². The van der Waals surface area contributed by atoms with E-state index in [1.807, 2.05) is 36.4 Å². The highest BCUT2D eigenvalue weighted by molar-refractivity contribution is 5.94. The molecule has 0 radical (unpaired) electrons. The van der Waals surface area contributed by atoms with Gasteiger partial charge < -0.3 is 10.6 Å². The van der Waals surface area contributed by atoms with Crippen LogP contribution in [0.1, 0.15) is 52.9 Å². The topological polar surface area (TPSA) is 58.2 Å². The summed E-state index contributed by atoms with van der Waals surface area (Å²) >= 11 is 0. The molecule has 0 aromatic heterocycles. The minimum absolute atomic E-state index is 0.0403. The Morgan fingerprint density at radius 2 is 1.43 bits per heavy atom. The molecule has 0 aliphatic rings. The quantitative estimate of drug-likeness (QED) is 0.541. The Balaban J connectivity index is 1.63. The van der Waals surface area contributed by atoms with Gasteiger partial charge in [-0.25, -0.2) is 0 Å². The van der Waals surface area contributed by atoms with Crippen LogP contribution in [0.3, 0.4) is 0 Å². The molecule has 3 aromatic carbocycles. The second kappa shape index (κ2) is 11.0. The average Bonchev–Trinajstić information content (AvgIpc) is 2.78. The molecule has 0 bridgehead atoms.